The number of amides is 1. The molecule has 0 saturated heterocycles. The fourth-order valence-corrected chi connectivity index (χ4v) is 1.97. The fraction of sp³-hybridized carbons (Fsp3) is 0.429. The average molecular weight is 299 g/mol. The first-order valence-corrected chi connectivity index (χ1v) is 6.24. The van der Waals surface area contributed by atoms with Crippen molar-refractivity contribution < 1.29 is 18.0 Å². The molecule has 0 radical (unpaired) electrons. The zero-order valence-corrected chi connectivity index (χ0v) is 12.0. The lowest BCUT2D eigenvalue weighted by atomic mass is 10.1. The van der Waals surface area contributed by atoms with Crippen molar-refractivity contribution in [2.24, 2.45) is 5.92 Å². The predicted octanol–water partition coefficient (Wildman–Crippen LogP) is 2.40. The second-order valence-electron chi connectivity index (χ2n) is 4.74. The highest BCUT2D eigenvalue weighted by molar-refractivity contribution is 5.78. The van der Waals surface area contributed by atoms with E-state index in [0.29, 0.717) is 12.2 Å². The molecule has 0 spiro atoms. The zero-order valence-electron chi connectivity index (χ0n) is 12.0. The van der Waals surface area contributed by atoms with Gasteiger partial charge in [0.2, 0.25) is 5.91 Å². The van der Waals surface area contributed by atoms with Crippen molar-refractivity contribution in [1.29, 1.82) is 5.26 Å². The summed E-state index contributed by atoms with van der Waals surface area (Å²) < 4.78 is 37.9. The summed E-state index contributed by atoms with van der Waals surface area (Å²) in [6, 6.07) is 4.75. The van der Waals surface area contributed by atoms with Crippen molar-refractivity contribution in [2.45, 2.75) is 13.1 Å². The van der Waals surface area contributed by atoms with Gasteiger partial charge in [-0.25, -0.2) is 0 Å². The number of hydrogen-bond acceptors (Lipinski definition) is 3. The standard InChI is InChI=1S/C14H16F3N3O/c1-9(13(21)19-2)8-20(3)12-5-4-11(14(15,16)17)6-10(12)7-18/h4-6,9H,8H2,1-3H3,(H,19,21). The Kier molecular flexibility index (Phi) is 5.19. The molecule has 1 N–H and O–H groups in total. The maximum atomic E-state index is 12.6. The Bertz CT molecular complexity index is 564. The van der Waals surface area contributed by atoms with E-state index in [2.05, 4.69) is 5.32 Å². The van der Waals surface area contributed by atoms with Gasteiger partial charge in [-0.05, 0) is 18.2 Å². The van der Waals surface area contributed by atoms with Gasteiger partial charge in [0.05, 0.1) is 22.7 Å². The monoisotopic (exact) mass is 299 g/mol. The highest BCUT2D eigenvalue weighted by Crippen LogP contribution is 2.32. The van der Waals surface area contributed by atoms with Gasteiger partial charge in [0, 0.05) is 20.6 Å². The molecule has 1 unspecified atom stereocenters. The molecule has 0 aromatic heterocycles. The van der Waals surface area contributed by atoms with Crippen LogP contribution in [0.1, 0.15) is 18.1 Å². The summed E-state index contributed by atoms with van der Waals surface area (Å²) >= 11 is 0. The van der Waals surface area contributed by atoms with E-state index < -0.39 is 11.7 Å². The number of carbonyl (C=O) groups is 1. The van der Waals surface area contributed by atoms with E-state index in [4.69, 9.17) is 5.26 Å². The molecule has 7 heteroatoms. The summed E-state index contributed by atoms with van der Waals surface area (Å²) in [7, 11) is 3.14. The van der Waals surface area contributed by atoms with Crippen LogP contribution in [0.2, 0.25) is 0 Å². The quantitative estimate of drug-likeness (QED) is 0.929. The first-order valence-electron chi connectivity index (χ1n) is 6.24. The molecule has 0 fully saturated rings. The number of carbonyl (C=O) groups excluding carboxylic acids is 1. The predicted molar refractivity (Wildman–Crippen MR) is 72.7 cm³/mol. The van der Waals surface area contributed by atoms with Crippen molar-refractivity contribution >= 4 is 11.6 Å². The molecule has 1 aromatic rings. The summed E-state index contributed by atoms with van der Waals surface area (Å²) in [4.78, 5) is 13.1. The molecule has 114 valence electrons. The number of nitrogens with zero attached hydrogens (tertiary/aromatic N) is 2. The Labute approximate surface area is 121 Å². The second-order valence-corrected chi connectivity index (χ2v) is 4.74. The highest BCUT2D eigenvalue weighted by Gasteiger charge is 2.31. The summed E-state index contributed by atoms with van der Waals surface area (Å²) in [6.07, 6.45) is -4.49. The van der Waals surface area contributed by atoms with Crippen LogP contribution in [0.25, 0.3) is 0 Å². The van der Waals surface area contributed by atoms with E-state index in [1.807, 2.05) is 0 Å². The topological polar surface area (TPSA) is 56.1 Å². The van der Waals surface area contributed by atoms with Crippen molar-refractivity contribution in [2.75, 3.05) is 25.5 Å². The molecule has 1 rings (SSSR count). The summed E-state index contributed by atoms with van der Waals surface area (Å²) in [5.41, 5.74) is -0.576. The van der Waals surface area contributed by atoms with Crippen molar-refractivity contribution in [3.8, 4) is 6.07 Å². The number of nitriles is 1. The molecule has 1 amide bonds. The van der Waals surface area contributed by atoms with Crippen LogP contribution in [0.15, 0.2) is 18.2 Å². The molecule has 0 bridgehead atoms. The van der Waals surface area contributed by atoms with Crippen LogP contribution in [0, 0.1) is 17.2 Å². The summed E-state index contributed by atoms with van der Waals surface area (Å²) in [5.74, 6) is -0.527. The van der Waals surface area contributed by atoms with E-state index in [1.165, 1.54) is 13.1 Å². The van der Waals surface area contributed by atoms with Crippen molar-refractivity contribution in [3.63, 3.8) is 0 Å². The van der Waals surface area contributed by atoms with E-state index in [0.717, 1.165) is 12.1 Å². The molecule has 1 atom stereocenters. The third kappa shape index (κ3) is 4.12. The molecule has 21 heavy (non-hydrogen) atoms. The minimum Gasteiger partial charge on any atom is -0.373 e. The lowest BCUT2D eigenvalue weighted by Crippen LogP contribution is -2.34. The Hall–Kier alpha value is -2.23. The van der Waals surface area contributed by atoms with Crippen molar-refractivity contribution in [1.82, 2.24) is 5.32 Å². The van der Waals surface area contributed by atoms with Crippen LogP contribution >= 0.6 is 0 Å². The lowest BCUT2D eigenvalue weighted by molar-refractivity contribution is -0.137. The molecule has 0 aliphatic carbocycles. The van der Waals surface area contributed by atoms with Crippen molar-refractivity contribution in [3.05, 3.63) is 29.3 Å². The number of halogens is 3. The minimum absolute atomic E-state index is 0.0727. The number of anilines is 1. The SMILES string of the molecule is CNC(=O)C(C)CN(C)c1ccc(C(F)(F)F)cc1C#N. The molecule has 0 aliphatic heterocycles. The smallest absolute Gasteiger partial charge is 0.373 e. The Balaban J connectivity index is 3.03. The summed E-state index contributed by atoms with van der Waals surface area (Å²) in [5, 5.41) is 11.5. The second kappa shape index (κ2) is 6.48. The molecule has 4 nitrogen and oxygen atoms in total. The Morgan fingerprint density at radius 2 is 2.10 bits per heavy atom. The number of nitrogens with one attached hydrogen (secondary N) is 1. The molecule has 1 aromatic carbocycles. The number of hydrogen-bond donors (Lipinski definition) is 1. The highest BCUT2D eigenvalue weighted by atomic mass is 19.4. The molecule has 0 aliphatic rings. The third-order valence-corrected chi connectivity index (χ3v) is 3.10. The van der Waals surface area contributed by atoms with Crippen LogP contribution < -0.4 is 10.2 Å². The van der Waals surface area contributed by atoms with Gasteiger partial charge in [0.15, 0.2) is 0 Å². The maximum absolute atomic E-state index is 12.6. The average Bonchev–Trinajstić information content (AvgIpc) is 2.44. The minimum atomic E-state index is -4.49. The van der Waals surface area contributed by atoms with E-state index in [9.17, 15) is 18.0 Å². The lowest BCUT2D eigenvalue weighted by Gasteiger charge is -2.24. The van der Waals surface area contributed by atoms with Gasteiger partial charge < -0.3 is 10.2 Å². The number of rotatable bonds is 4. The number of benzene rings is 1. The summed E-state index contributed by atoms with van der Waals surface area (Å²) in [6.45, 7) is 1.99. The van der Waals surface area contributed by atoms with Gasteiger partial charge in [-0.1, -0.05) is 6.92 Å². The largest absolute Gasteiger partial charge is 0.416 e. The van der Waals surface area contributed by atoms with Crippen LogP contribution in [0.4, 0.5) is 18.9 Å². The normalized spacial score (nSPS) is 12.4. The molecule has 0 saturated carbocycles. The van der Waals surface area contributed by atoms with E-state index in [-0.39, 0.29) is 17.4 Å². The van der Waals surface area contributed by atoms with Gasteiger partial charge in [-0.15, -0.1) is 0 Å². The number of alkyl halides is 3. The Morgan fingerprint density at radius 3 is 2.57 bits per heavy atom. The van der Waals surface area contributed by atoms with Gasteiger partial charge in [-0.3, -0.25) is 4.79 Å². The van der Waals surface area contributed by atoms with E-state index >= 15 is 0 Å². The first kappa shape index (κ1) is 16.8. The molecular weight excluding hydrogens is 283 g/mol. The van der Waals surface area contributed by atoms with Crippen LogP contribution in [-0.4, -0.2) is 26.5 Å². The van der Waals surface area contributed by atoms with Crippen LogP contribution in [0.3, 0.4) is 0 Å². The third-order valence-electron chi connectivity index (χ3n) is 3.10. The Morgan fingerprint density at radius 1 is 1.48 bits per heavy atom. The zero-order chi connectivity index (χ0) is 16.2. The maximum Gasteiger partial charge on any atom is 0.416 e. The van der Waals surface area contributed by atoms with Crippen LogP contribution in [-0.2, 0) is 11.0 Å². The van der Waals surface area contributed by atoms with Gasteiger partial charge in [0.1, 0.15) is 6.07 Å². The van der Waals surface area contributed by atoms with Crippen LogP contribution in [0.5, 0.6) is 0 Å². The van der Waals surface area contributed by atoms with Gasteiger partial charge >= 0.3 is 6.18 Å². The first-order chi connectivity index (χ1) is 9.70. The van der Waals surface area contributed by atoms with E-state index in [1.54, 1.807) is 24.9 Å². The molecular formula is C14H16F3N3O. The van der Waals surface area contributed by atoms with Gasteiger partial charge in [0.25, 0.3) is 0 Å². The molecule has 0 heterocycles. The van der Waals surface area contributed by atoms with Gasteiger partial charge in [-0.2, -0.15) is 18.4 Å². The fourth-order valence-electron chi connectivity index (χ4n) is 1.97.